The molecule has 0 spiro atoms. The second-order valence-electron chi connectivity index (χ2n) is 4.96. The molecule has 1 atom stereocenters. The van der Waals surface area contributed by atoms with Gasteiger partial charge in [0.05, 0.1) is 0 Å². The van der Waals surface area contributed by atoms with Crippen LogP contribution in [0.1, 0.15) is 6.92 Å². The Morgan fingerprint density at radius 2 is 1.62 bits per heavy atom. The Labute approximate surface area is 163 Å². The zero-order chi connectivity index (χ0) is 16.2. The van der Waals surface area contributed by atoms with Gasteiger partial charge in [0.1, 0.15) is 6.61 Å². The van der Waals surface area contributed by atoms with E-state index in [9.17, 15) is 9.67 Å². The van der Waals surface area contributed by atoms with Crippen LogP contribution in [0.25, 0.3) is 21.9 Å². The fourth-order valence-electron chi connectivity index (χ4n) is 2.34. The largest absolute Gasteiger partial charge is 1.00 e. The number of hydrogen-bond acceptors (Lipinski definition) is 4. The molecule has 0 radical (unpaired) electrons. The van der Waals surface area contributed by atoms with Gasteiger partial charge in [0, 0.05) is 4.57 Å². The van der Waals surface area contributed by atoms with E-state index in [1.165, 1.54) is 12.1 Å². The van der Waals surface area contributed by atoms with Crippen LogP contribution in [0.5, 0.6) is 11.5 Å². The van der Waals surface area contributed by atoms with Crippen molar-refractivity contribution >= 4 is 19.0 Å². The van der Waals surface area contributed by atoms with Gasteiger partial charge in [-0.2, -0.15) is 0 Å². The molecule has 0 amide bonds. The Morgan fingerprint density at radius 3 is 2.33 bits per heavy atom. The van der Waals surface area contributed by atoms with Crippen molar-refractivity contribution < 1.29 is 48.3 Å². The van der Waals surface area contributed by atoms with Gasteiger partial charge in [-0.15, -0.1) is 4.52 Å². The molecule has 0 aliphatic heterocycles. The molecule has 0 saturated carbocycles. The average molecular weight is 349 g/mol. The summed E-state index contributed by atoms with van der Waals surface area (Å²) >= 11 is 0. The number of rotatable bonds is 5. The first-order chi connectivity index (χ1) is 11.2. The molecule has 24 heavy (non-hydrogen) atoms. The fraction of sp³-hybridized carbons (Fsp3) is 0.111. The normalized spacial score (nSPS) is 11.0. The first kappa shape index (κ1) is 18.9. The SMILES string of the molecule is CCO[P+](=O)Oc1ccc(-c2ccc3ccccc3c2)cc1[O-].[Na+]. The van der Waals surface area contributed by atoms with Crippen molar-refractivity contribution in [3.05, 3.63) is 60.7 Å². The number of fused-ring (bicyclic) bond motifs is 1. The molecule has 0 aliphatic carbocycles. The van der Waals surface area contributed by atoms with Crippen LogP contribution in [-0.4, -0.2) is 6.61 Å². The molecule has 0 aliphatic rings. The van der Waals surface area contributed by atoms with Gasteiger partial charge in [0.2, 0.25) is 0 Å². The van der Waals surface area contributed by atoms with Crippen LogP contribution in [0, 0.1) is 0 Å². The Kier molecular flexibility index (Phi) is 6.79. The topological polar surface area (TPSA) is 58.6 Å². The molecule has 0 fully saturated rings. The van der Waals surface area contributed by atoms with Crippen LogP contribution in [0.15, 0.2) is 60.7 Å². The third-order valence-electron chi connectivity index (χ3n) is 3.43. The summed E-state index contributed by atoms with van der Waals surface area (Å²) in [5.74, 6) is -0.289. The van der Waals surface area contributed by atoms with E-state index in [0.717, 1.165) is 21.9 Å². The summed E-state index contributed by atoms with van der Waals surface area (Å²) in [5.41, 5.74) is 1.74. The minimum Gasteiger partial charge on any atom is -0.870 e. The second kappa shape index (κ2) is 8.61. The predicted molar refractivity (Wildman–Crippen MR) is 88.7 cm³/mol. The number of hydrogen-bond donors (Lipinski definition) is 0. The third kappa shape index (κ3) is 4.35. The minimum absolute atomic E-state index is 0. The van der Waals surface area contributed by atoms with Crippen molar-refractivity contribution in [1.29, 1.82) is 0 Å². The molecule has 4 nitrogen and oxygen atoms in total. The van der Waals surface area contributed by atoms with E-state index in [0.29, 0.717) is 0 Å². The molecule has 0 aromatic heterocycles. The van der Waals surface area contributed by atoms with Gasteiger partial charge in [-0.05, 0) is 41.0 Å². The van der Waals surface area contributed by atoms with Gasteiger partial charge in [-0.1, -0.05) is 54.3 Å². The maximum absolute atomic E-state index is 12.1. The van der Waals surface area contributed by atoms with E-state index in [1.807, 2.05) is 42.5 Å². The van der Waals surface area contributed by atoms with Crippen LogP contribution >= 0.6 is 8.25 Å². The van der Waals surface area contributed by atoms with Gasteiger partial charge in [0.25, 0.3) is 0 Å². The van der Waals surface area contributed by atoms with Crippen molar-refractivity contribution in [3.8, 4) is 22.6 Å². The molecule has 6 heteroatoms. The van der Waals surface area contributed by atoms with Gasteiger partial charge < -0.3 is 5.11 Å². The summed E-state index contributed by atoms with van der Waals surface area (Å²) in [5, 5.41) is 14.4. The van der Waals surface area contributed by atoms with E-state index in [1.54, 1.807) is 13.0 Å². The Bertz CT molecular complexity index is 867. The third-order valence-corrected chi connectivity index (χ3v) is 4.25. The van der Waals surface area contributed by atoms with Crippen LogP contribution in [-0.2, 0) is 9.09 Å². The van der Waals surface area contributed by atoms with Crippen molar-refractivity contribution in [3.63, 3.8) is 0 Å². The Morgan fingerprint density at radius 1 is 0.958 bits per heavy atom. The van der Waals surface area contributed by atoms with Crippen LogP contribution in [0.3, 0.4) is 0 Å². The van der Waals surface area contributed by atoms with Crippen LogP contribution in [0.2, 0.25) is 0 Å². The van der Waals surface area contributed by atoms with Crippen molar-refractivity contribution in [1.82, 2.24) is 0 Å². The monoisotopic (exact) mass is 349 g/mol. The fourth-order valence-corrected chi connectivity index (χ4v) is 2.92. The minimum atomic E-state index is -2.31. The zero-order valence-corrected chi connectivity index (χ0v) is 16.5. The predicted octanol–water partition coefficient (Wildman–Crippen LogP) is 1.66. The smallest absolute Gasteiger partial charge is 0.870 e. The van der Waals surface area contributed by atoms with E-state index in [4.69, 9.17) is 9.05 Å². The van der Waals surface area contributed by atoms with Crippen molar-refractivity contribution in [2.45, 2.75) is 6.92 Å². The molecule has 3 aromatic carbocycles. The average Bonchev–Trinajstić information content (AvgIpc) is 2.56. The quantitative estimate of drug-likeness (QED) is 0.519. The Balaban J connectivity index is 0.00000208. The first-order valence-electron chi connectivity index (χ1n) is 7.26. The second-order valence-corrected chi connectivity index (χ2v) is 5.84. The first-order valence-corrected chi connectivity index (χ1v) is 8.35. The molecule has 1 unspecified atom stereocenters. The van der Waals surface area contributed by atoms with E-state index >= 15 is 0 Å². The molecule has 0 heterocycles. The van der Waals surface area contributed by atoms with Crippen molar-refractivity contribution in [2.75, 3.05) is 6.61 Å². The molecular formula is C18H15NaO4P+. The molecular weight excluding hydrogens is 334 g/mol. The van der Waals surface area contributed by atoms with Gasteiger partial charge in [-0.3, -0.25) is 0 Å². The van der Waals surface area contributed by atoms with Gasteiger partial charge in [0.15, 0.2) is 5.75 Å². The molecule has 0 N–H and O–H groups in total. The summed E-state index contributed by atoms with van der Waals surface area (Å²) in [6.45, 7) is 1.97. The molecule has 0 saturated heterocycles. The standard InChI is InChI=1S/C18H15O4P.Na/c1-2-21-23(20)22-18-10-9-16(12-17(18)19)15-8-7-13-5-3-4-6-14(13)11-15;/h3-12H,2H2,1H3;/q;+1. The van der Waals surface area contributed by atoms with Crippen LogP contribution in [0.4, 0.5) is 0 Å². The molecule has 116 valence electrons. The maximum Gasteiger partial charge on any atom is 1.00 e. The van der Waals surface area contributed by atoms with E-state index < -0.39 is 8.25 Å². The molecule has 3 rings (SSSR count). The summed E-state index contributed by atoms with van der Waals surface area (Å²) < 4.78 is 21.3. The molecule has 0 bridgehead atoms. The summed E-state index contributed by atoms with van der Waals surface area (Å²) in [4.78, 5) is 0. The molecule has 3 aromatic rings. The van der Waals surface area contributed by atoms with Crippen molar-refractivity contribution in [2.24, 2.45) is 0 Å². The summed E-state index contributed by atoms with van der Waals surface area (Å²) in [6, 6.07) is 18.8. The Hall–Kier alpha value is -1.42. The summed E-state index contributed by atoms with van der Waals surface area (Å²) in [6.07, 6.45) is 0. The maximum atomic E-state index is 12.1. The van der Waals surface area contributed by atoms with Gasteiger partial charge in [-0.25, -0.2) is 4.52 Å². The van der Waals surface area contributed by atoms with Gasteiger partial charge >= 0.3 is 37.8 Å². The number of benzene rings is 3. The zero-order valence-electron chi connectivity index (χ0n) is 13.6. The van der Waals surface area contributed by atoms with Crippen LogP contribution < -0.4 is 39.2 Å². The summed E-state index contributed by atoms with van der Waals surface area (Å²) in [7, 11) is -2.31. The van der Waals surface area contributed by atoms with E-state index in [-0.39, 0.29) is 47.7 Å². The van der Waals surface area contributed by atoms with E-state index in [2.05, 4.69) is 0 Å².